The quantitative estimate of drug-likeness (QED) is 0.723. The number of nitrogens with two attached hydrogens (primary N) is 2. The van der Waals surface area contributed by atoms with Gasteiger partial charge in [0.2, 0.25) is 0 Å². The lowest BCUT2D eigenvalue weighted by Crippen LogP contribution is -2.13. The van der Waals surface area contributed by atoms with Crippen molar-refractivity contribution in [2.45, 2.75) is 6.92 Å². The highest BCUT2D eigenvalue weighted by Crippen LogP contribution is 2.30. The number of nitrogens with zero attached hydrogens (tertiary/aromatic N) is 2. The number of rotatable bonds is 1. The molecule has 1 heterocycles. The number of aromatic nitrogens is 2. The normalized spacial score (nSPS) is 10.5. The maximum Gasteiger partial charge on any atom is 0.150 e. The molecule has 15 heavy (non-hydrogen) atoms. The fourth-order valence-corrected chi connectivity index (χ4v) is 1.64. The van der Waals surface area contributed by atoms with Crippen LogP contribution in [0.15, 0.2) is 24.3 Å². The molecule has 0 radical (unpaired) electrons. The Labute approximate surface area is 92.4 Å². The lowest BCUT2D eigenvalue weighted by molar-refractivity contribution is 0.937. The zero-order chi connectivity index (χ0) is 11.0. The van der Waals surface area contributed by atoms with Crippen molar-refractivity contribution in [3.05, 3.63) is 35.1 Å². The molecule has 0 aliphatic heterocycles. The van der Waals surface area contributed by atoms with Gasteiger partial charge in [-0.1, -0.05) is 29.8 Å². The van der Waals surface area contributed by atoms with Gasteiger partial charge in [-0.05, 0) is 13.0 Å². The fraction of sp³-hybridized carbons (Fsp3) is 0.100. The predicted octanol–water partition coefficient (Wildman–Crippen LogP) is 1.81. The highest BCUT2D eigenvalue weighted by Gasteiger charge is 2.13. The number of imidazole rings is 1. The Hall–Kier alpha value is -1.68. The first-order valence-corrected chi connectivity index (χ1v) is 4.84. The number of hydrogen-bond donors (Lipinski definition) is 2. The molecular formula is C10H11ClN4. The van der Waals surface area contributed by atoms with Crippen LogP contribution in [-0.2, 0) is 0 Å². The van der Waals surface area contributed by atoms with E-state index in [1.165, 1.54) is 4.68 Å². The summed E-state index contributed by atoms with van der Waals surface area (Å²) in [4.78, 5) is 4.27. The van der Waals surface area contributed by atoms with Crippen molar-refractivity contribution >= 4 is 17.4 Å². The van der Waals surface area contributed by atoms with Gasteiger partial charge < -0.3 is 11.6 Å². The highest BCUT2D eigenvalue weighted by molar-refractivity contribution is 6.33. The van der Waals surface area contributed by atoms with Gasteiger partial charge in [-0.25, -0.2) is 9.66 Å². The van der Waals surface area contributed by atoms with Crippen LogP contribution < -0.4 is 11.6 Å². The first-order valence-electron chi connectivity index (χ1n) is 4.46. The maximum absolute atomic E-state index is 6.05. The topological polar surface area (TPSA) is 69.9 Å². The monoisotopic (exact) mass is 222 g/mol. The average molecular weight is 223 g/mol. The summed E-state index contributed by atoms with van der Waals surface area (Å²) < 4.78 is 1.35. The summed E-state index contributed by atoms with van der Waals surface area (Å²) in [6.45, 7) is 1.79. The molecule has 2 rings (SSSR count). The van der Waals surface area contributed by atoms with E-state index in [1.807, 2.05) is 18.2 Å². The van der Waals surface area contributed by atoms with Crippen LogP contribution in [0.5, 0.6) is 0 Å². The Kier molecular flexibility index (Phi) is 2.28. The second-order valence-electron chi connectivity index (χ2n) is 3.24. The molecule has 0 saturated heterocycles. The molecule has 5 heteroatoms. The van der Waals surface area contributed by atoms with E-state index in [0.29, 0.717) is 22.4 Å². The third kappa shape index (κ3) is 1.53. The molecule has 2 aromatic rings. The van der Waals surface area contributed by atoms with Crippen LogP contribution in [0.1, 0.15) is 5.82 Å². The van der Waals surface area contributed by atoms with Crippen LogP contribution in [0.4, 0.5) is 5.82 Å². The van der Waals surface area contributed by atoms with Gasteiger partial charge in [0.15, 0.2) is 5.82 Å². The molecule has 0 spiro atoms. The molecule has 4 N–H and O–H groups in total. The number of nitrogen functional groups attached to an aromatic ring is 2. The van der Waals surface area contributed by atoms with Crippen molar-refractivity contribution < 1.29 is 0 Å². The third-order valence-electron chi connectivity index (χ3n) is 2.25. The lowest BCUT2D eigenvalue weighted by atomic mass is 10.1. The number of halogens is 1. The molecular weight excluding hydrogens is 212 g/mol. The summed E-state index contributed by atoms with van der Waals surface area (Å²) >= 11 is 6.05. The molecule has 78 valence electrons. The van der Waals surface area contributed by atoms with Crippen molar-refractivity contribution in [3.63, 3.8) is 0 Å². The largest absolute Gasteiger partial charge is 0.382 e. The molecule has 0 bridgehead atoms. The van der Waals surface area contributed by atoms with Crippen LogP contribution >= 0.6 is 11.6 Å². The van der Waals surface area contributed by atoms with Crippen molar-refractivity contribution in [3.8, 4) is 11.3 Å². The van der Waals surface area contributed by atoms with Gasteiger partial charge in [-0.15, -0.1) is 0 Å². The summed E-state index contributed by atoms with van der Waals surface area (Å²) in [6.07, 6.45) is 0. The second kappa shape index (κ2) is 3.47. The summed E-state index contributed by atoms with van der Waals surface area (Å²) in [5, 5.41) is 0.613. The van der Waals surface area contributed by atoms with Gasteiger partial charge in [-0.2, -0.15) is 0 Å². The van der Waals surface area contributed by atoms with Gasteiger partial charge in [0.05, 0.1) is 5.02 Å². The van der Waals surface area contributed by atoms with E-state index in [2.05, 4.69) is 4.98 Å². The summed E-state index contributed by atoms with van der Waals surface area (Å²) in [5.41, 5.74) is 7.24. The molecule has 1 aromatic carbocycles. The summed E-state index contributed by atoms with van der Waals surface area (Å²) in [5.74, 6) is 6.75. The van der Waals surface area contributed by atoms with Crippen LogP contribution in [-0.4, -0.2) is 9.66 Å². The van der Waals surface area contributed by atoms with E-state index in [4.69, 9.17) is 23.2 Å². The van der Waals surface area contributed by atoms with Crippen LogP contribution in [0, 0.1) is 6.92 Å². The molecule has 4 nitrogen and oxygen atoms in total. The number of hydrogen-bond acceptors (Lipinski definition) is 3. The van der Waals surface area contributed by atoms with Crippen molar-refractivity contribution in [1.82, 2.24) is 9.66 Å². The van der Waals surface area contributed by atoms with E-state index in [1.54, 1.807) is 13.0 Å². The van der Waals surface area contributed by atoms with Crippen LogP contribution in [0.3, 0.4) is 0 Å². The molecule has 0 aliphatic rings. The van der Waals surface area contributed by atoms with E-state index in [0.717, 1.165) is 5.56 Å². The number of benzene rings is 1. The Balaban J connectivity index is 2.65. The maximum atomic E-state index is 6.05. The van der Waals surface area contributed by atoms with E-state index < -0.39 is 0 Å². The number of anilines is 1. The SMILES string of the molecule is Cc1nc(-c2ccccc2Cl)c(N)n1N. The van der Waals surface area contributed by atoms with Gasteiger partial charge in [0.25, 0.3) is 0 Å². The lowest BCUT2D eigenvalue weighted by Gasteiger charge is -2.02. The molecule has 1 aromatic heterocycles. The minimum Gasteiger partial charge on any atom is -0.382 e. The summed E-state index contributed by atoms with van der Waals surface area (Å²) in [7, 11) is 0. The fourth-order valence-electron chi connectivity index (χ4n) is 1.41. The zero-order valence-corrected chi connectivity index (χ0v) is 8.99. The smallest absolute Gasteiger partial charge is 0.150 e. The first kappa shape index (κ1) is 9.86. The van der Waals surface area contributed by atoms with Crippen LogP contribution in [0.2, 0.25) is 5.02 Å². The third-order valence-corrected chi connectivity index (χ3v) is 2.58. The minimum absolute atomic E-state index is 0.417. The Morgan fingerprint density at radius 2 is 2.00 bits per heavy atom. The van der Waals surface area contributed by atoms with E-state index >= 15 is 0 Å². The molecule has 0 saturated carbocycles. The molecule has 0 amide bonds. The predicted molar refractivity (Wildman–Crippen MR) is 62.0 cm³/mol. The second-order valence-corrected chi connectivity index (χ2v) is 3.65. The van der Waals surface area contributed by atoms with Crippen molar-refractivity contribution in [1.29, 1.82) is 0 Å². The van der Waals surface area contributed by atoms with E-state index in [-0.39, 0.29) is 0 Å². The zero-order valence-electron chi connectivity index (χ0n) is 8.24. The molecule has 0 aliphatic carbocycles. The van der Waals surface area contributed by atoms with Gasteiger partial charge in [0, 0.05) is 5.56 Å². The van der Waals surface area contributed by atoms with Gasteiger partial charge >= 0.3 is 0 Å². The molecule has 0 atom stereocenters. The molecule has 0 unspecified atom stereocenters. The van der Waals surface area contributed by atoms with E-state index in [9.17, 15) is 0 Å². The summed E-state index contributed by atoms with van der Waals surface area (Å²) in [6, 6.07) is 7.39. The van der Waals surface area contributed by atoms with Crippen LogP contribution in [0.25, 0.3) is 11.3 Å². The Morgan fingerprint density at radius 3 is 2.53 bits per heavy atom. The van der Waals surface area contributed by atoms with Crippen molar-refractivity contribution in [2.24, 2.45) is 0 Å². The molecule has 0 fully saturated rings. The minimum atomic E-state index is 0.417. The highest BCUT2D eigenvalue weighted by atomic mass is 35.5. The standard InChI is InChI=1S/C10H11ClN4/c1-6-14-9(10(12)15(6)13)7-4-2-3-5-8(7)11/h2-5H,12-13H2,1H3. The van der Waals surface area contributed by atoms with Crippen molar-refractivity contribution in [2.75, 3.05) is 11.6 Å². The Bertz CT molecular complexity index is 504. The average Bonchev–Trinajstić information content (AvgIpc) is 2.47. The van der Waals surface area contributed by atoms with Gasteiger partial charge in [-0.3, -0.25) is 0 Å². The Morgan fingerprint density at radius 1 is 1.33 bits per heavy atom. The first-order chi connectivity index (χ1) is 7.11. The van der Waals surface area contributed by atoms with Gasteiger partial charge in [0.1, 0.15) is 11.5 Å². The number of aryl methyl sites for hydroxylation is 1.